The third-order valence-electron chi connectivity index (χ3n) is 3.15. The van der Waals surface area contributed by atoms with Crippen LogP contribution in [0.3, 0.4) is 0 Å². The topological polar surface area (TPSA) is 37.3 Å². The molecule has 0 fully saturated rings. The Labute approximate surface area is 86.0 Å². The quantitative estimate of drug-likeness (QED) is 0.554. The van der Waals surface area contributed by atoms with Gasteiger partial charge in [-0.3, -0.25) is 4.79 Å². The second-order valence-corrected chi connectivity index (χ2v) is 4.17. The number of allylic oxidation sites excluding steroid dienone is 2. The van der Waals surface area contributed by atoms with Crippen LogP contribution in [0, 0.1) is 5.92 Å². The lowest BCUT2D eigenvalue weighted by Gasteiger charge is -2.23. The molecule has 2 nitrogen and oxygen atoms in total. The van der Waals surface area contributed by atoms with Gasteiger partial charge in [-0.2, -0.15) is 0 Å². The highest BCUT2D eigenvalue weighted by molar-refractivity contribution is 5.85. The van der Waals surface area contributed by atoms with Crippen LogP contribution in [-0.4, -0.2) is 17.5 Å². The number of carbonyl (C=O) groups excluding carboxylic acids is 1. The second-order valence-electron chi connectivity index (χ2n) is 4.17. The van der Waals surface area contributed by atoms with Gasteiger partial charge in [0.05, 0.1) is 0 Å². The summed E-state index contributed by atoms with van der Waals surface area (Å²) in [6, 6.07) is 0. The van der Waals surface area contributed by atoms with E-state index < -0.39 is 0 Å². The average Bonchev–Trinajstić information content (AvgIpc) is 2.18. The maximum Gasteiger partial charge on any atom is 0.140 e. The molecule has 1 N–H and O–H groups in total. The molecule has 1 aliphatic carbocycles. The van der Waals surface area contributed by atoms with Crippen molar-refractivity contribution in [3.05, 3.63) is 11.1 Å². The Morgan fingerprint density at radius 2 is 2.07 bits per heavy atom. The Balaban J connectivity index is 2.57. The molecule has 1 unspecified atom stereocenters. The first kappa shape index (κ1) is 11.4. The molecular weight excluding hydrogens is 176 g/mol. The van der Waals surface area contributed by atoms with Gasteiger partial charge >= 0.3 is 0 Å². The number of ketones is 1. The van der Waals surface area contributed by atoms with Gasteiger partial charge in [0.25, 0.3) is 0 Å². The molecular formula is C12H20O2. The van der Waals surface area contributed by atoms with Crippen LogP contribution in [0.2, 0.25) is 0 Å². The monoisotopic (exact) mass is 196 g/mol. The number of carbonyl (C=O) groups is 1. The van der Waals surface area contributed by atoms with E-state index in [0.29, 0.717) is 5.78 Å². The smallest absolute Gasteiger partial charge is 0.140 e. The fourth-order valence-electron chi connectivity index (χ4n) is 2.11. The second kappa shape index (κ2) is 5.30. The molecule has 1 rings (SSSR count). The molecule has 0 heterocycles. The minimum absolute atomic E-state index is 0.127. The summed E-state index contributed by atoms with van der Waals surface area (Å²) in [6.07, 6.45) is 4.49. The van der Waals surface area contributed by atoms with Crippen LogP contribution in [0.15, 0.2) is 11.1 Å². The minimum atomic E-state index is 0.127. The molecule has 0 bridgehead atoms. The number of aliphatic hydroxyl groups excluding tert-OH is 1. The number of hydrogen-bond donors (Lipinski definition) is 1. The van der Waals surface area contributed by atoms with Crippen molar-refractivity contribution in [3.63, 3.8) is 0 Å². The molecule has 0 radical (unpaired) electrons. The van der Waals surface area contributed by atoms with Gasteiger partial charge in [0.2, 0.25) is 0 Å². The highest BCUT2D eigenvalue weighted by Crippen LogP contribution is 2.30. The van der Waals surface area contributed by atoms with Gasteiger partial charge in [-0.15, -0.1) is 0 Å². The lowest BCUT2D eigenvalue weighted by Crippen LogP contribution is -2.19. The lowest BCUT2D eigenvalue weighted by molar-refractivity contribution is -0.121. The van der Waals surface area contributed by atoms with E-state index >= 15 is 0 Å². The molecule has 80 valence electrons. The van der Waals surface area contributed by atoms with Gasteiger partial charge in [-0.25, -0.2) is 0 Å². The van der Waals surface area contributed by atoms with E-state index in [-0.39, 0.29) is 12.5 Å². The van der Waals surface area contributed by atoms with Crippen LogP contribution in [0.1, 0.15) is 46.0 Å². The molecule has 0 amide bonds. The van der Waals surface area contributed by atoms with E-state index in [9.17, 15) is 4.79 Å². The van der Waals surface area contributed by atoms with E-state index in [0.717, 1.165) is 32.1 Å². The molecule has 2 heteroatoms. The maximum atomic E-state index is 11.5. The molecule has 14 heavy (non-hydrogen) atoms. The molecule has 0 aromatic heterocycles. The first-order valence-electron chi connectivity index (χ1n) is 5.49. The zero-order chi connectivity index (χ0) is 10.6. The van der Waals surface area contributed by atoms with Gasteiger partial charge in [0.1, 0.15) is 5.78 Å². The summed E-state index contributed by atoms with van der Waals surface area (Å²) in [5.41, 5.74) is 2.73. The van der Waals surface area contributed by atoms with E-state index in [1.165, 1.54) is 11.1 Å². The first-order valence-corrected chi connectivity index (χ1v) is 5.49. The Morgan fingerprint density at radius 3 is 2.71 bits per heavy atom. The summed E-state index contributed by atoms with van der Waals surface area (Å²) in [6.45, 7) is 4.41. The van der Waals surface area contributed by atoms with E-state index in [1.54, 1.807) is 0 Å². The maximum absolute atomic E-state index is 11.5. The van der Waals surface area contributed by atoms with Gasteiger partial charge < -0.3 is 5.11 Å². The van der Waals surface area contributed by atoms with Crippen LogP contribution in [0.5, 0.6) is 0 Å². The Kier molecular flexibility index (Phi) is 4.33. The van der Waals surface area contributed by atoms with Crippen LogP contribution in [0.25, 0.3) is 0 Å². The van der Waals surface area contributed by atoms with Gasteiger partial charge in [0.15, 0.2) is 0 Å². The largest absolute Gasteiger partial charge is 0.396 e. The normalized spacial score (nSPS) is 23.1. The minimum Gasteiger partial charge on any atom is -0.396 e. The van der Waals surface area contributed by atoms with Crippen molar-refractivity contribution in [1.29, 1.82) is 0 Å². The fraction of sp³-hybridized carbons (Fsp3) is 0.750. The van der Waals surface area contributed by atoms with Crippen molar-refractivity contribution in [1.82, 2.24) is 0 Å². The Hall–Kier alpha value is -0.630. The highest BCUT2D eigenvalue weighted by Gasteiger charge is 2.23. The van der Waals surface area contributed by atoms with Crippen molar-refractivity contribution >= 4 is 5.78 Å². The molecule has 0 aromatic rings. The number of unbranched alkanes of at least 4 members (excludes halogenated alkanes) is 1. The lowest BCUT2D eigenvalue weighted by atomic mass is 9.81. The van der Waals surface area contributed by atoms with Crippen LogP contribution in [-0.2, 0) is 4.79 Å². The molecule has 0 saturated heterocycles. The average molecular weight is 196 g/mol. The van der Waals surface area contributed by atoms with Crippen molar-refractivity contribution in [3.8, 4) is 0 Å². The number of aliphatic hydroxyl groups is 1. The summed E-state index contributed by atoms with van der Waals surface area (Å²) in [7, 11) is 0. The van der Waals surface area contributed by atoms with Gasteiger partial charge in [-0.1, -0.05) is 18.1 Å². The van der Waals surface area contributed by atoms with Gasteiger partial charge in [0, 0.05) is 18.9 Å². The summed E-state index contributed by atoms with van der Waals surface area (Å²) in [4.78, 5) is 11.5. The number of hydrogen-bond acceptors (Lipinski definition) is 2. The van der Waals surface area contributed by atoms with Crippen LogP contribution >= 0.6 is 0 Å². The molecule has 0 aromatic carbocycles. The first-order chi connectivity index (χ1) is 6.66. The summed E-state index contributed by atoms with van der Waals surface area (Å²) >= 11 is 0. The van der Waals surface area contributed by atoms with Gasteiger partial charge in [-0.05, 0) is 32.6 Å². The summed E-state index contributed by atoms with van der Waals surface area (Å²) in [5, 5.41) is 8.70. The zero-order valence-electron chi connectivity index (χ0n) is 9.18. The SMILES string of the molecule is CC1=C(CCCCO)C(C)C(=O)CC1. The molecule has 1 atom stereocenters. The van der Waals surface area contributed by atoms with Crippen molar-refractivity contribution in [2.75, 3.05) is 6.61 Å². The number of Topliss-reactive ketones (excluding diaryl/α,β-unsaturated/α-hetero) is 1. The van der Waals surface area contributed by atoms with E-state index in [4.69, 9.17) is 5.11 Å². The summed E-state index contributed by atoms with van der Waals surface area (Å²) < 4.78 is 0. The molecule has 0 aliphatic heterocycles. The standard InChI is InChI=1S/C12H20O2/c1-9-6-7-12(14)10(2)11(9)5-3-4-8-13/h10,13H,3-8H2,1-2H3. The third kappa shape index (κ3) is 2.68. The van der Waals surface area contributed by atoms with Crippen LogP contribution in [0.4, 0.5) is 0 Å². The van der Waals surface area contributed by atoms with Crippen LogP contribution < -0.4 is 0 Å². The Morgan fingerprint density at radius 1 is 1.36 bits per heavy atom. The Bertz CT molecular complexity index is 241. The van der Waals surface area contributed by atoms with E-state index in [1.807, 2.05) is 6.92 Å². The van der Waals surface area contributed by atoms with E-state index in [2.05, 4.69) is 6.92 Å². The molecule has 1 aliphatic rings. The molecule has 0 saturated carbocycles. The molecule has 0 spiro atoms. The highest BCUT2D eigenvalue weighted by atomic mass is 16.2. The summed E-state index contributed by atoms with van der Waals surface area (Å²) in [5.74, 6) is 0.511. The number of rotatable bonds is 4. The predicted molar refractivity (Wildman–Crippen MR) is 57.0 cm³/mol. The van der Waals surface area contributed by atoms with Crippen molar-refractivity contribution < 1.29 is 9.90 Å². The predicted octanol–water partition coefficient (Wildman–Crippen LogP) is 2.46. The fourth-order valence-corrected chi connectivity index (χ4v) is 2.11. The van der Waals surface area contributed by atoms with Crippen molar-refractivity contribution in [2.45, 2.75) is 46.0 Å². The van der Waals surface area contributed by atoms with Crippen molar-refractivity contribution in [2.24, 2.45) is 5.92 Å². The zero-order valence-corrected chi connectivity index (χ0v) is 9.18. The third-order valence-corrected chi connectivity index (χ3v) is 3.15.